The van der Waals surface area contributed by atoms with Gasteiger partial charge in [0.25, 0.3) is 5.91 Å². The van der Waals surface area contributed by atoms with Crippen molar-refractivity contribution >= 4 is 11.9 Å². The summed E-state index contributed by atoms with van der Waals surface area (Å²) in [7, 11) is 0. The Kier molecular flexibility index (Phi) is 6.92. The van der Waals surface area contributed by atoms with Gasteiger partial charge in [-0.05, 0) is 37.1 Å². The molecule has 198 valence electrons. The van der Waals surface area contributed by atoms with Gasteiger partial charge >= 0.3 is 6.18 Å². The van der Waals surface area contributed by atoms with E-state index in [0.29, 0.717) is 29.5 Å². The summed E-state index contributed by atoms with van der Waals surface area (Å²) in [6, 6.07) is 13.1. The Hall–Kier alpha value is -3.79. The van der Waals surface area contributed by atoms with Gasteiger partial charge in [-0.2, -0.15) is 13.2 Å². The molecule has 0 aliphatic carbocycles. The van der Waals surface area contributed by atoms with Crippen LogP contribution in [0.25, 0.3) is 11.3 Å². The van der Waals surface area contributed by atoms with E-state index in [0.717, 1.165) is 43.8 Å². The van der Waals surface area contributed by atoms with Crippen molar-refractivity contribution in [3.05, 3.63) is 82.8 Å². The maximum Gasteiger partial charge on any atom is 0.416 e. The van der Waals surface area contributed by atoms with Crippen LogP contribution in [0.2, 0.25) is 0 Å². The van der Waals surface area contributed by atoms with E-state index in [9.17, 15) is 27.9 Å². The topological polar surface area (TPSA) is 99.5 Å². The maximum atomic E-state index is 13.0. The van der Waals surface area contributed by atoms with Gasteiger partial charge in [0.2, 0.25) is 0 Å². The summed E-state index contributed by atoms with van der Waals surface area (Å²) in [5.74, 6) is -0.727. The molecule has 0 radical (unpaired) electrons. The van der Waals surface area contributed by atoms with Gasteiger partial charge in [-0.3, -0.25) is 4.79 Å². The summed E-state index contributed by atoms with van der Waals surface area (Å²) < 4.78 is 38.9. The van der Waals surface area contributed by atoms with Crippen LogP contribution in [-0.2, 0) is 6.18 Å². The van der Waals surface area contributed by atoms with Crippen molar-refractivity contribution in [3.63, 3.8) is 0 Å². The molecule has 1 unspecified atom stereocenters. The van der Waals surface area contributed by atoms with E-state index in [1.54, 1.807) is 19.1 Å². The van der Waals surface area contributed by atoms with Crippen LogP contribution >= 0.6 is 0 Å². The quantitative estimate of drug-likeness (QED) is 0.514. The Balaban J connectivity index is 1.28. The van der Waals surface area contributed by atoms with Crippen molar-refractivity contribution in [2.75, 3.05) is 19.6 Å². The molecule has 7 nitrogen and oxygen atoms in total. The van der Waals surface area contributed by atoms with Gasteiger partial charge in [-0.25, -0.2) is 9.97 Å². The van der Waals surface area contributed by atoms with E-state index in [-0.39, 0.29) is 23.1 Å². The predicted octanol–water partition coefficient (Wildman–Crippen LogP) is 2.03. The van der Waals surface area contributed by atoms with Crippen molar-refractivity contribution < 1.29 is 32.8 Å². The first-order valence-corrected chi connectivity index (χ1v) is 12.6. The van der Waals surface area contributed by atoms with Gasteiger partial charge in [-0.15, -0.1) is 0 Å². The number of nitrogens with zero attached hydrogens (tertiary/aromatic N) is 2. The normalized spacial score (nSPS) is 22.7. The highest BCUT2D eigenvalue weighted by molar-refractivity contribution is 6.04. The number of piperidine rings is 3. The van der Waals surface area contributed by atoms with Crippen LogP contribution in [0.15, 0.2) is 54.6 Å². The lowest BCUT2D eigenvalue weighted by Gasteiger charge is -2.46. The summed E-state index contributed by atoms with van der Waals surface area (Å²) in [5.41, 5.74) is 1.35. The molecule has 2 N–H and O–H groups in total. The van der Waals surface area contributed by atoms with E-state index in [1.165, 1.54) is 29.2 Å². The number of aromatic nitrogens is 2. The molecule has 0 saturated carbocycles. The third-order valence-corrected chi connectivity index (χ3v) is 7.70. The third kappa shape index (κ3) is 5.26. The SMILES string of the molecule is Cc1nc(-c2ccc(C(F)(F)F)cc2)cc([C@H]2C[NH+]3CC[C@H]2C[C@@H]3CNC(=O)c2ccccc2C(=O)[O-])n1. The molecular weight excluding hydrogens is 497 g/mol. The van der Waals surface area contributed by atoms with E-state index < -0.39 is 23.6 Å². The Labute approximate surface area is 217 Å². The number of carboxylic acid groups (broad SMARTS) is 1. The molecule has 3 aliphatic heterocycles. The van der Waals surface area contributed by atoms with E-state index in [2.05, 4.69) is 15.3 Å². The largest absolute Gasteiger partial charge is 0.545 e. The fourth-order valence-electron chi connectivity index (χ4n) is 5.81. The third-order valence-electron chi connectivity index (χ3n) is 7.70. The van der Waals surface area contributed by atoms with Crippen molar-refractivity contribution in [1.29, 1.82) is 0 Å². The zero-order chi connectivity index (χ0) is 27.0. The number of quaternary nitrogens is 1. The fourth-order valence-corrected chi connectivity index (χ4v) is 5.81. The second-order valence-electron chi connectivity index (χ2n) is 10.0. The maximum absolute atomic E-state index is 13.0. The average Bonchev–Trinajstić information content (AvgIpc) is 2.91. The Morgan fingerprint density at radius 3 is 2.42 bits per heavy atom. The highest BCUT2D eigenvalue weighted by Crippen LogP contribution is 2.35. The zero-order valence-electron chi connectivity index (χ0n) is 20.7. The summed E-state index contributed by atoms with van der Waals surface area (Å²) in [6.07, 6.45) is -2.51. The standard InChI is InChI=1S/C28H27F3N4O3/c1-16-33-24(17-6-8-19(9-7-17)28(29,30)31)13-25(34-16)23-15-35-11-10-18(23)12-20(35)14-32-26(36)21-4-2-3-5-22(21)27(37)38/h2-9,13,18,20,23H,10-12,14-15H2,1H3,(H,32,36)(H,37,38)/t18-,20+,23-/m0/s1. The molecule has 2 aromatic carbocycles. The minimum Gasteiger partial charge on any atom is -0.545 e. The lowest BCUT2D eigenvalue weighted by Crippen LogP contribution is -3.20. The van der Waals surface area contributed by atoms with Crippen LogP contribution in [0.4, 0.5) is 13.2 Å². The number of nitrogens with one attached hydrogen (secondary N) is 2. The summed E-state index contributed by atoms with van der Waals surface area (Å²) in [6.45, 7) is 4.00. The number of amides is 1. The van der Waals surface area contributed by atoms with Crippen LogP contribution in [0.3, 0.4) is 0 Å². The van der Waals surface area contributed by atoms with Gasteiger partial charge in [-0.1, -0.05) is 30.3 Å². The minimum atomic E-state index is -4.39. The van der Waals surface area contributed by atoms with E-state index in [1.807, 2.05) is 6.07 Å². The molecule has 3 saturated heterocycles. The predicted molar refractivity (Wildman–Crippen MR) is 130 cm³/mol. The molecule has 3 aromatic rings. The lowest BCUT2D eigenvalue weighted by atomic mass is 9.74. The Morgan fingerprint density at radius 1 is 1.08 bits per heavy atom. The molecule has 0 spiro atoms. The molecular formula is C28H27F3N4O3. The average molecular weight is 525 g/mol. The molecule has 4 heterocycles. The number of fused-ring (bicyclic) bond motifs is 3. The highest BCUT2D eigenvalue weighted by Gasteiger charge is 2.45. The number of benzene rings is 2. The lowest BCUT2D eigenvalue weighted by molar-refractivity contribution is -0.942. The molecule has 4 atom stereocenters. The first-order chi connectivity index (χ1) is 18.1. The second-order valence-corrected chi connectivity index (χ2v) is 10.0. The van der Waals surface area contributed by atoms with Crippen LogP contribution in [0.5, 0.6) is 0 Å². The zero-order valence-corrected chi connectivity index (χ0v) is 20.7. The van der Waals surface area contributed by atoms with Gasteiger partial charge in [0, 0.05) is 29.5 Å². The molecule has 1 aromatic heterocycles. The number of hydrogen-bond acceptors (Lipinski definition) is 5. The second kappa shape index (κ2) is 10.2. The summed E-state index contributed by atoms with van der Waals surface area (Å²) in [4.78, 5) is 34.6. The molecule has 38 heavy (non-hydrogen) atoms. The number of carbonyl (C=O) groups is 2. The van der Waals surface area contributed by atoms with Gasteiger partial charge in [0.05, 0.1) is 48.5 Å². The van der Waals surface area contributed by atoms with Crippen LogP contribution < -0.4 is 15.3 Å². The first kappa shape index (κ1) is 25.8. The first-order valence-electron chi connectivity index (χ1n) is 12.6. The van der Waals surface area contributed by atoms with E-state index in [4.69, 9.17) is 0 Å². The molecule has 3 aliphatic rings. The number of halogens is 3. The van der Waals surface area contributed by atoms with Crippen LogP contribution in [-0.4, -0.2) is 47.5 Å². The van der Waals surface area contributed by atoms with Crippen molar-refractivity contribution in [3.8, 4) is 11.3 Å². The van der Waals surface area contributed by atoms with E-state index >= 15 is 0 Å². The summed E-state index contributed by atoms with van der Waals surface area (Å²) in [5, 5.41) is 14.3. The van der Waals surface area contributed by atoms with Crippen LogP contribution in [0.1, 0.15) is 56.6 Å². The number of carbonyl (C=O) groups excluding carboxylic acids is 2. The monoisotopic (exact) mass is 524 g/mol. The van der Waals surface area contributed by atoms with Crippen LogP contribution in [0, 0.1) is 12.8 Å². The molecule has 10 heteroatoms. The summed E-state index contributed by atoms with van der Waals surface area (Å²) >= 11 is 0. The number of aryl methyl sites for hydroxylation is 1. The molecule has 1 amide bonds. The molecule has 3 fully saturated rings. The Morgan fingerprint density at radius 2 is 1.79 bits per heavy atom. The smallest absolute Gasteiger partial charge is 0.416 e. The number of rotatable bonds is 6. The van der Waals surface area contributed by atoms with Crippen molar-refractivity contribution in [2.24, 2.45) is 5.92 Å². The number of aromatic carboxylic acids is 1. The van der Waals surface area contributed by atoms with Crippen molar-refractivity contribution in [2.45, 2.75) is 37.9 Å². The highest BCUT2D eigenvalue weighted by atomic mass is 19.4. The number of hydrogen-bond donors (Lipinski definition) is 2. The van der Waals surface area contributed by atoms with Gasteiger partial charge < -0.3 is 20.1 Å². The molecule has 2 bridgehead atoms. The minimum absolute atomic E-state index is 0.0867. The van der Waals surface area contributed by atoms with Gasteiger partial charge in [0.15, 0.2) is 0 Å². The molecule has 6 rings (SSSR count). The van der Waals surface area contributed by atoms with Gasteiger partial charge in [0.1, 0.15) is 11.9 Å². The van der Waals surface area contributed by atoms with Crippen molar-refractivity contribution in [1.82, 2.24) is 15.3 Å². The fraction of sp³-hybridized carbons (Fsp3) is 0.357. The number of carboxylic acids is 1. The Bertz CT molecular complexity index is 1360. The number of alkyl halides is 3.